The van der Waals surface area contributed by atoms with Gasteiger partial charge >= 0.3 is 0 Å². The van der Waals surface area contributed by atoms with Crippen LogP contribution in [0.3, 0.4) is 0 Å². The van der Waals surface area contributed by atoms with E-state index in [1.54, 1.807) is 0 Å². The highest BCUT2D eigenvalue weighted by molar-refractivity contribution is 5.60. The van der Waals surface area contributed by atoms with Gasteiger partial charge in [0, 0.05) is 28.7 Å². The average Bonchev–Trinajstić information content (AvgIpc) is 2.37. The van der Waals surface area contributed by atoms with Gasteiger partial charge in [-0.1, -0.05) is 19.3 Å². The van der Waals surface area contributed by atoms with E-state index in [9.17, 15) is 5.11 Å². The molecule has 3 nitrogen and oxygen atoms in total. The molecule has 100 valence electrons. The summed E-state index contributed by atoms with van der Waals surface area (Å²) >= 11 is 0. The Kier molecular flexibility index (Phi) is 4.23. The Morgan fingerprint density at radius 1 is 1.11 bits per heavy atom. The maximum atomic E-state index is 9.56. The standard InChI is InChI=1S/C15H24N2O/c1-10-11(2)16-12(3)14(9-18)15(10)17-13-7-5-4-6-8-13/h13,18H,4-9H2,1-3H3,(H,16,17). The first-order valence-electron chi connectivity index (χ1n) is 6.97. The van der Waals surface area contributed by atoms with E-state index in [-0.39, 0.29) is 6.61 Å². The maximum absolute atomic E-state index is 9.56. The predicted octanol–water partition coefficient (Wildman–Crippen LogP) is 3.24. The molecule has 18 heavy (non-hydrogen) atoms. The van der Waals surface area contributed by atoms with Gasteiger partial charge in [0.2, 0.25) is 0 Å². The van der Waals surface area contributed by atoms with Gasteiger partial charge in [0.15, 0.2) is 0 Å². The normalized spacial score (nSPS) is 16.9. The van der Waals surface area contributed by atoms with Crippen LogP contribution in [0.15, 0.2) is 0 Å². The number of pyridine rings is 1. The molecule has 1 aliphatic carbocycles. The highest BCUT2D eigenvalue weighted by atomic mass is 16.3. The lowest BCUT2D eigenvalue weighted by Crippen LogP contribution is -2.24. The second-order valence-electron chi connectivity index (χ2n) is 5.40. The molecule has 0 radical (unpaired) electrons. The number of aromatic nitrogens is 1. The zero-order valence-corrected chi connectivity index (χ0v) is 11.7. The van der Waals surface area contributed by atoms with Crippen molar-refractivity contribution in [3.63, 3.8) is 0 Å². The van der Waals surface area contributed by atoms with Crippen molar-refractivity contribution in [2.24, 2.45) is 0 Å². The maximum Gasteiger partial charge on any atom is 0.0720 e. The summed E-state index contributed by atoms with van der Waals surface area (Å²) in [6.45, 7) is 6.17. The zero-order valence-electron chi connectivity index (χ0n) is 11.7. The highest BCUT2D eigenvalue weighted by Gasteiger charge is 2.18. The van der Waals surface area contributed by atoms with E-state index < -0.39 is 0 Å². The number of rotatable bonds is 3. The third kappa shape index (κ3) is 2.66. The lowest BCUT2D eigenvalue weighted by Gasteiger charge is -2.27. The van der Waals surface area contributed by atoms with Crippen molar-refractivity contribution in [2.75, 3.05) is 5.32 Å². The van der Waals surface area contributed by atoms with E-state index in [1.807, 2.05) is 13.8 Å². The monoisotopic (exact) mass is 248 g/mol. The van der Waals surface area contributed by atoms with Crippen molar-refractivity contribution in [3.8, 4) is 0 Å². The van der Waals surface area contributed by atoms with Crippen molar-refractivity contribution < 1.29 is 5.11 Å². The summed E-state index contributed by atoms with van der Waals surface area (Å²) in [6.07, 6.45) is 6.47. The molecule has 0 atom stereocenters. The van der Waals surface area contributed by atoms with Gasteiger partial charge in [0.1, 0.15) is 0 Å². The molecule has 1 aromatic heterocycles. The summed E-state index contributed by atoms with van der Waals surface area (Å²) in [5.41, 5.74) is 5.26. The van der Waals surface area contributed by atoms with Crippen molar-refractivity contribution in [2.45, 2.75) is 65.5 Å². The third-order valence-corrected chi connectivity index (χ3v) is 4.10. The van der Waals surface area contributed by atoms with Crippen LogP contribution >= 0.6 is 0 Å². The Labute approximate surface area is 110 Å². The molecule has 0 aromatic carbocycles. The van der Waals surface area contributed by atoms with Crippen molar-refractivity contribution in [3.05, 3.63) is 22.5 Å². The third-order valence-electron chi connectivity index (χ3n) is 4.10. The predicted molar refractivity (Wildman–Crippen MR) is 74.9 cm³/mol. The molecule has 1 fully saturated rings. The number of aliphatic hydroxyl groups is 1. The van der Waals surface area contributed by atoms with Crippen LogP contribution in [0.25, 0.3) is 0 Å². The lowest BCUT2D eigenvalue weighted by atomic mass is 9.94. The Morgan fingerprint density at radius 3 is 2.39 bits per heavy atom. The SMILES string of the molecule is Cc1nc(C)c(CO)c(NC2CCCCC2)c1C. The van der Waals surface area contributed by atoms with Crippen LogP contribution in [0.2, 0.25) is 0 Å². The van der Waals surface area contributed by atoms with Crippen molar-refractivity contribution in [1.82, 2.24) is 4.98 Å². The molecule has 0 saturated heterocycles. The van der Waals surface area contributed by atoms with Crippen molar-refractivity contribution in [1.29, 1.82) is 0 Å². The molecule has 1 heterocycles. The van der Waals surface area contributed by atoms with Crippen LogP contribution in [0.4, 0.5) is 5.69 Å². The van der Waals surface area contributed by atoms with Crippen LogP contribution in [0, 0.1) is 20.8 Å². The van der Waals surface area contributed by atoms with Crippen LogP contribution in [0.1, 0.15) is 54.6 Å². The molecule has 0 aliphatic heterocycles. The highest BCUT2D eigenvalue weighted by Crippen LogP contribution is 2.29. The Hall–Kier alpha value is -1.09. The van der Waals surface area contributed by atoms with Gasteiger partial charge < -0.3 is 10.4 Å². The van der Waals surface area contributed by atoms with Gasteiger partial charge in [-0.05, 0) is 39.2 Å². The molecule has 0 unspecified atom stereocenters. The molecule has 3 heteroatoms. The fourth-order valence-corrected chi connectivity index (χ4v) is 2.83. The van der Waals surface area contributed by atoms with E-state index in [4.69, 9.17) is 0 Å². The first kappa shape index (κ1) is 13.3. The summed E-state index contributed by atoms with van der Waals surface area (Å²) in [5, 5.41) is 13.2. The number of hydrogen-bond acceptors (Lipinski definition) is 3. The quantitative estimate of drug-likeness (QED) is 0.863. The first-order valence-corrected chi connectivity index (χ1v) is 6.97. The Morgan fingerprint density at radius 2 is 1.78 bits per heavy atom. The zero-order chi connectivity index (χ0) is 13.1. The molecule has 2 rings (SSSR count). The summed E-state index contributed by atoms with van der Waals surface area (Å²) in [7, 11) is 0. The molecule has 0 amide bonds. The minimum absolute atomic E-state index is 0.0645. The number of aliphatic hydroxyl groups excluding tert-OH is 1. The smallest absolute Gasteiger partial charge is 0.0720 e. The molecule has 1 aromatic rings. The van der Waals surface area contributed by atoms with Gasteiger partial charge in [0.05, 0.1) is 6.61 Å². The topological polar surface area (TPSA) is 45.2 Å². The second-order valence-corrected chi connectivity index (χ2v) is 5.40. The molecule has 0 bridgehead atoms. The molecular weight excluding hydrogens is 224 g/mol. The van der Waals surface area contributed by atoms with Gasteiger partial charge in [0.25, 0.3) is 0 Å². The average molecular weight is 248 g/mol. The van der Waals surface area contributed by atoms with E-state index in [1.165, 1.54) is 37.7 Å². The summed E-state index contributed by atoms with van der Waals surface area (Å²) in [4.78, 5) is 4.50. The molecular formula is C15H24N2O. The first-order chi connectivity index (χ1) is 8.63. The number of anilines is 1. The Bertz CT molecular complexity index is 423. The van der Waals surface area contributed by atoms with Gasteiger partial charge in [-0.15, -0.1) is 0 Å². The van der Waals surface area contributed by atoms with E-state index in [0.717, 1.165) is 22.6 Å². The van der Waals surface area contributed by atoms with Crippen LogP contribution in [0.5, 0.6) is 0 Å². The molecule has 2 N–H and O–H groups in total. The number of hydrogen-bond donors (Lipinski definition) is 2. The van der Waals surface area contributed by atoms with Crippen LogP contribution in [-0.2, 0) is 6.61 Å². The summed E-state index contributed by atoms with van der Waals surface area (Å²) in [6, 6.07) is 0.559. The largest absolute Gasteiger partial charge is 0.392 e. The summed E-state index contributed by atoms with van der Waals surface area (Å²) in [5.74, 6) is 0. The van der Waals surface area contributed by atoms with Gasteiger partial charge in [-0.3, -0.25) is 4.98 Å². The number of nitrogens with zero attached hydrogens (tertiary/aromatic N) is 1. The summed E-state index contributed by atoms with van der Waals surface area (Å²) < 4.78 is 0. The molecule has 1 aliphatic rings. The number of nitrogens with one attached hydrogen (secondary N) is 1. The molecule has 1 saturated carbocycles. The fourth-order valence-electron chi connectivity index (χ4n) is 2.83. The minimum atomic E-state index is 0.0645. The lowest BCUT2D eigenvalue weighted by molar-refractivity contribution is 0.280. The fraction of sp³-hybridized carbons (Fsp3) is 0.667. The van der Waals surface area contributed by atoms with Crippen LogP contribution in [-0.4, -0.2) is 16.1 Å². The van der Waals surface area contributed by atoms with Gasteiger partial charge in [-0.2, -0.15) is 0 Å². The van der Waals surface area contributed by atoms with Crippen LogP contribution < -0.4 is 5.32 Å². The van der Waals surface area contributed by atoms with E-state index in [0.29, 0.717) is 6.04 Å². The Balaban J connectivity index is 2.29. The van der Waals surface area contributed by atoms with Gasteiger partial charge in [-0.25, -0.2) is 0 Å². The van der Waals surface area contributed by atoms with Crippen molar-refractivity contribution >= 4 is 5.69 Å². The minimum Gasteiger partial charge on any atom is -0.392 e. The molecule has 0 spiro atoms. The van der Waals surface area contributed by atoms with E-state index in [2.05, 4.69) is 17.2 Å². The second kappa shape index (κ2) is 5.70. The number of aryl methyl sites for hydroxylation is 2. The van der Waals surface area contributed by atoms with E-state index >= 15 is 0 Å².